The predicted octanol–water partition coefficient (Wildman–Crippen LogP) is 3.00. The molecule has 0 saturated heterocycles. The number of nitrogens with one attached hydrogen (secondary N) is 1. The van der Waals surface area contributed by atoms with E-state index in [9.17, 15) is 14.9 Å². The molecule has 3 rings (SSSR count). The number of carbonyl (C=O) groups excluding carboxylic acids is 1. The third-order valence-electron chi connectivity index (χ3n) is 3.66. The van der Waals surface area contributed by atoms with Gasteiger partial charge in [-0.2, -0.15) is 0 Å². The van der Waals surface area contributed by atoms with Crippen LogP contribution >= 0.6 is 11.8 Å². The van der Waals surface area contributed by atoms with Crippen molar-refractivity contribution in [2.75, 3.05) is 11.1 Å². The fourth-order valence-electron chi connectivity index (χ4n) is 2.44. The summed E-state index contributed by atoms with van der Waals surface area (Å²) < 4.78 is 1.89. The van der Waals surface area contributed by atoms with Gasteiger partial charge in [-0.15, -0.1) is 10.2 Å². The van der Waals surface area contributed by atoms with Crippen molar-refractivity contribution in [3.05, 3.63) is 58.9 Å². The van der Waals surface area contributed by atoms with Gasteiger partial charge in [0.25, 0.3) is 5.69 Å². The van der Waals surface area contributed by atoms with Crippen molar-refractivity contribution in [3.8, 4) is 11.4 Å². The summed E-state index contributed by atoms with van der Waals surface area (Å²) in [5, 5.41) is 22.5. The lowest BCUT2D eigenvalue weighted by atomic mass is 10.2. The standard InChI is InChI=1S/C17H16N6O3S/c1-2-22-16(12-6-5-9-18-10-12)20-21-17(22)27-11-15(24)19-13-7-3-4-8-14(13)23(25)26/h3-10H,2,11H2,1H3,(H,19,24). The van der Waals surface area contributed by atoms with Crippen LogP contribution in [0.25, 0.3) is 11.4 Å². The lowest BCUT2D eigenvalue weighted by Gasteiger charge is -2.08. The number of benzene rings is 1. The van der Waals surface area contributed by atoms with Crippen LogP contribution in [0.5, 0.6) is 0 Å². The maximum Gasteiger partial charge on any atom is 0.292 e. The topological polar surface area (TPSA) is 116 Å². The molecule has 1 amide bonds. The Hall–Kier alpha value is -3.27. The minimum Gasteiger partial charge on any atom is -0.320 e. The number of amides is 1. The zero-order valence-corrected chi connectivity index (χ0v) is 15.2. The highest BCUT2D eigenvalue weighted by atomic mass is 32.2. The predicted molar refractivity (Wildman–Crippen MR) is 101 cm³/mol. The Morgan fingerprint density at radius 2 is 2.07 bits per heavy atom. The fourth-order valence-corrected chi connectivity index (χ4v) is 3.25. The average Bonchev–Trinajstić information content (AvgIpc) is 3.10. The van der Waals surface area contributed by atoms with Gasteiger partial charge in [0.15, 0.2) is 11.0 Å². The van der Waals surface area contributed by atoms with Crippen LogP contribution in [0.3, 0.4) is 0 Å². The van der Waals surface area contributed by atoms with Crippen LogP contribution in [0.4, 0.5) is 11.4 Å². The highest BCUT2D eigenvalue weighted by Crippen LogP contribution is 2.25. The van der Waals surface area contributed by atoms with Gasteiger partial charge in [0.05, 0.1) is 10.7 Å². The van der Waals surface area contributed by atoms with Gasteiger partial charge in [0.1, 0.15) is 5.69 Å². The van der Waals surface area contributed by atoms with Crippen molar-refractivity contribution in [3.63, 3.8) is 0 Å². The molecule has 0 aliphatic heterocycles. The molecular weight excluding hydrogens is 368 g/mol. The van der Waals surface area contributed by atoms with Gasteiger partial charge >= 0.3 is 0 Å². The number of pyridine rings is 1. The second kappa shape index (κ2) is 8.41. The minimum absolute atomic E-state index is 0.0528. The number of nitro groups is 1. The van der Waals surface area contributed by atoms with Gasteiger partial charge in [-0.1, -0.05) is 23.9 Å². The molecule has 0 radical (unpaired) electrons. The van der Waals surface area contributed by atoms with Gasteiger partial charge in [0.2, 0.25) is 5.91 Å². The fraction of sp³-hybridized carbons (Fsp3) is 0.176. The van der Waals surface area contributed by atoms with E-state index < -0.39 is 4.92 Å². The van der Waals surface area contributed by atoms with Gasteiger partial charge in [0, 0.05) is 30.6 Å². The summed E-state index contributed by atoms with van der Waals surface area (Å²) in [6.45, 7) is 2.59. The molecule has 2 heterocycles. The smallest absolute Gasteiger partial charge is 0.292 e. The van der Waals surface area contributed by atoms with Crippen LogP contribution in [0.1, 0.15) is 6.92 Å². The highest BCUT2D eigenvalue weighted by Gasteiger charge is 2.17. The van der Waals surface area contributed by atoms with Gasteiger partial charge in [-0.3, -0.25) is 19.9 Å². The second-order valence-corrected chi connectivity index (χ2v) is 6.35. The Morgan fingerprint density at radius 3 is 2.78 bits per heavy atom. The van der Waals surface area contributed by atoms with E-state index >= 15 is 0 Å². The third-order valence-corrected chi connectivity index (χ3v) is 4.63. The molecule has 0 fully saturated rings. The van der Waals surface area contributed by atoms with Crippen LogP contribution in [0.2, 0.25) is 0 Å². The van der Waals surface area contributed by atoms with E-state index in [-0.39, 0.29) is 23.0 Å². The number of hydrogen-bond acceptors (Lipinski definition) is 7. The summed E-state index contributed by atoms with van der Waals surface area (Å²) in [5.41, 5.74) is 0.857. The summed E-state index contributed by atoms with van der Waals surface area (Å²) in [5.74, 6) is 0.368. The molecule has 0 saturated carbocycles. The molecule has 27 heavy (non-hydrogen) atoms. The number of nitrogens with zero attached hydrogens (tertiary/aromatic N) is 5. The first-order chi connectivity index (χ1) is 13.1. The molecule has 9 nitrogen and oxygen atoms in total. The summed E-state index contributed by atoms with van der Waals surface area (Å²) >= 11 is 1.22. The Labute approximate surface area is 159 Å². The molecule has 0 unspecified atom stereocenters. The normalized spacial score (nSPS) is 10.6. The lowest BCUT2D eigenvalue weighted by Crippen LogP contribution is -2.15. The third kappa shape index (κ3) is 4.29. The number of thioether (sulfide) groups is 1. The van der Waals surface area contributed by atoms with E-state index in [1.807, 2.05) is 23.6 Å². The van der Waals surface area contributed by atoms with Crippen molar-refractivity contribution < 1.29 is 9.72 Å². The van der Waals surface area contributed by atoms with Crippen LogP contribution in [-0.4, -0.2) is 36.3 Å². The van der Waals surface area contributed by atoms with Gasteiger partial charge in [-0.05, 0) is 25.1 Å². The van der Waals surface area contributed by atoms with Gasteiger partial charge in [-0.25, -0.2) is 0 Å². The lowest BCUT2D eigenvalue weighted by molar-refractivity contribution is -0.383. The van der Waals surface area contributed by atoms with Crippen LogP contribution in [0.15, 0.2) is 53.9 Å². The first-order valence-corrected chi connectivity index (χ1v) is 9.08. The van der Waals surface area contributed by atoms with Crippen molar-refractivity contribution in [2.24, 2.45) is 0 Å². The molecular formula is C17H16N6O3S. The zero-order chi connectivity index (χ0) is 19.2. The van der Waals surface area contributed by atoms with E-state index in [2.05, 4.69) is 20.5 Å². The number of anilines is 1. The Morgan fingerprint density at radius 1 is 1.26 bits per heavy atom. The second-order valence-electron chi connectivity index (χ2n) is 5.40. The maximum absolute atomic E-state index is 12.2. The molecule has 0 bridgehead atoms. The molecule has 0 spiro atoms. The van der Waals surface area contributed by atoms with Crippen LogP contribution in [-0.2, 0) is 11.3 Å². The number of rotatable bonds is 7. The summed E-state index contributed by atoms with van der Waals surface area (Å²) in [7, 11) is 0. The molecule has 0 aliphatic rings. The Balaban J connectivity index is 1.70. The molecule has 1 aromatic carbocycles. The molecule has 0 aliphatic carbocycles. The van der Waals surface area contributed by atoms with Crippen molar-refractivity contribution in [1.29, 1.82) is 0 Å². The SMILES string of the molecule is CCn1c(SCC(=O)Nc2ccccc2[N+](=O)[O-])nnc1-c1cccnc1. The Kier molecular flexibility index (Phi) is 5.77. The molecule has 0 atom stereocenters. The highest BCUT2D eigenvalue weighted by molar-refractivity contribution is 7.99. The quantitative estimate of drug-likeness (QED) is 0.378. The molecule has 1 N–H and O–H groups in total. The summed E-state index contributed by atoms with van der Waals surface area (Å²) in [4.78, 5) is 26.8. The first-order valence-electron chi connectivity index (χ1n) is 8.09. The molecule has 3 aromatic rings. The number of aromatic nitrogens is 4. The zero-order valence-electron chi connectivity index (χ0n) is 14.4. The van der Waals surface area contributed by atoms with Crippen LogP contribution in [0, 0.1) is 10.1 Å². The maximum atomic E-state index is 12.2. The first kappa shape index (κ1) is 18.5. The van der Waals surface area contributed by atoms with E-state index in [0.29, 0.717) is 17.5 Å². The van der Waals surface area contributed by atoms with E-state index in [4.69, 9.17) is 0 Å². The average molecular weight is 384 g/mol. The monoisotopic (exact) mass is 384 g/mol. The van der Waals surface area contributed by atoms with E-state index in [1.165, 1.54) is 23.9 Å². The van der Waals surface area contributed by atoms with Crippen molar-refractivity contribution >= 4 is 29.0 Å². The Bertz CT molecular complexity index is 960. The van der Waals surface area contributed by atoms with E-state index in [1.54, 1.807) is 24.5 Å². The van der Waals surface area contributed by atoms with E-state index in [0.717, 1.165) is 5.56 Å². The molecule has 2 aromatic heterocycles. The largest absolute Gasteiger partial charge is 0.320 e. The minimum atomic E-state index is -0.531. The summed E-state index contributed by atoms with van der Waals surface area (Å²) in [6.07, 6.45) is 3.38. The molecule has 10 heteroatoms. The number of hydrogen-bond donors (Lipinski definition) is 1. The number of nitro benzene ring substituents is 1. The molecule has 138 valence electrons. The summed E-state index contributed by atoms with van der Waals surface area (Å²) in [6, 6.07) is 9.72. The van der Waals surface area contributed by atoms with Crippen molar-refractivity contribution in [1.82, 2.24) is 19.7 Å². The van der Waals surface area contributed by atoms with Crippen LogP contribution < -0.4 is 5.32 Å². The number of carbonyl (C=O) groups is 1. The number of para-hydroxylation sites is 2. The van der Waals surface area contributed by atoms with Gasteiger partial charge < -0.3 is 9.88 Å². The van der Waals surface area contributed by atoms with Crippen molar-refractivity contribution in [2.45, 2.75) is 18.6 Å².